The van der Waals surface area contributed by atoms with E-state index in [1.54, 1.807) is 14.7 Å². The van der Waals surface area contributed by atoms with Crippen molar-refractivity contribution in [1.29, 1.82) is 0 Å². The van der Waals surface area contributed by atoms with Gasteiger partial charge in [0.2, 0.25) is 17.7 Å². The minimum atomic E-state index is -5.80. The number of carbonyl (C=O) groups excluding carboxylic acids is 4. The molecule has 0 bridgehead atoms. The smallest absolute Gasteiger partial charge is 0.341 e. The normalized spacial score (nSPS) is 22.5. The van der Waals surface area contributed by atoms with E-state index in [9.17, 15) is 42.3 Å². The van der Waals surface area contributed by atoms with Crippen molar-refractivity contribution in [1.82, 2.24) is 20.0 Å². The van der Waals surface area contributed by atoms with Crippen molar-refractivity contribution < 1.29 is 42.3 Å². The van der Waals surface area contributed by atoms with E-state index in [1.165, 1.54) is 12.1 Å². The molecule has 3 aliphatic heterocycles. The van der Waals surface area contributed by atoms with E-state index < -0.39 is 42.7 Å². The summed E-state index contributed by atoms with van der Waals surface area (Å²) in [6.45, 7) is 3.46. The first-order valence-electron chi connectivity index (χ1n) is 16.5. The molecule has 0 radical (unpaired) electrons. The van der Waals surface area contributed by atoms with Gasteiger partial charge in [0.1, 0.15) is 12.1 Å². The summed E-state index contributed by atoms with van der Waals surface area (Å²) in [5.74, 6) is -1.48. The molecule has 2 aromatic carbocycles. The van der Waals surface area contributed by atoms with E-state index in [-0.39, 0.29) is 47.0 Å². The Kier molecular flexibility index (Phi) is 9.96. The van der Waals surface area contributed by atoms with Gasteiger partial charge >= 0.3 is 13.3 Å². The van der Waals surface area contributed by atoms with Crippen molar-refractivity contribution in [3.05, 3.63) is 70.6 Å². The fraction of sp³-hybridized carbons (Fsp3) is 0.471. The molecule has 15 heteroatoms. The van der Waals surface area contributed by atoms with Gasteiger partial charge in [0, 0.05) is 48.9 Å². The highest BCUT2D eigenvalue weighted by Gasteiger charge is 2.50. The van der Waals surface area contributed by atoms with Crippen LogP contribution in [0.2, 0.25) is 0 Å². The lowest BCUT2D eigenvalue weighted by Gasteiger charge is -2.39. The minimum absolute atomic E-state index is 0.0831. The SMILES string of the molecule is C[C@H](CC(=O)N1CC[C@H]2CC[C@@H](C(=O)N3CCCC3)N2C(=O)[C@@H](NC(=O)c2cc3cc(C(F)(F)P(=O)(O)O)ccc3s2)C1)c1ccccc1. The molecule has 0 spiro atoms. The molecule has 4 amide bonds. The third-order valence-corrected chi connectivity index (χ3v) is 12.0. The highest BCUT2D eigenvalue weighted by atomic mass is 32.1. The summed E-state index contributed by atoms with van der Waals surface area (Å²) in [6.07, 6.45) is 3.59. The molecule has 0 aliphatic carbocycles. The number of nitrogens with one attached hydrogen (secondary N) is 1. The van der Waals surface area contributed by atoms with Crippen molar-refractivity contribution in [2.24, 2.45) is 0 Å². The maximum absolute atomic E-state index is 14.4. The fourth-order valence-corrected chi connectivity index (χ4v) is 8.55. The zero-order valence-corrected chi connectivity index (χ0v) is 28.7. The summed E-state index contributed by atoms with van der Waals surface area (Å²) < 4.78 is 40.7. The van der Waals surface area contributed by atoms with Crippen molar-refractivity contribution >= 4 is 52.6 Å². The Balaban J connectivity index is 1.27. The number of rotatable bonds is 8. The second kappa shape index (κ2) is 13.9. The van der Waals surface area contributed by atoms with E-state index in [0.29, 0.717) is 43.6 Å². The van der Waals surface area contributed by atoms with Crippen LogP contribution in [-0.4, -0.2) is 92.4 Å². The molecule has 49 heavy (non-hydrogen) atoms. The van der Waals surface area contributed by atoms with Gasteiger partial charge in [-0.05, 0) is 67.2 Å². The number of hydrogen-bond donors (Lipinski definition) is 3. The Morgan fingerprint density at radius 3 is 2.41 bits per heavy atom. The fourth-order valence-electron chi connectivity index (χ4n) is 7.13. The molecule has 3 aliphatic rings. The number of thiophene rings is 1. The Hall–Kier alpha value is -3.71. The number of nitrogens with zero attached hydrogens (tertiary/aromatic N) is 3. The third-order valence-electron chi connectivity index (χ3n) is 9.85. The molecular weight excluding hydrogens is 677 g/mol. The predicted molar refractivity (Wildman–Crippen MR) is 179 cm³/mol. The lowest BCUT2D eigenvalue weighted by molar-refractivity contribution is -0.148. The second-order valence-corrected chi connectivity index (χ2v) is 15.9. The van der Waals surface area contributed by atoms with Crippen LogP contribution in [0.4, 0.5) is 8.78 Å². The van der Waals surface area contributed by atoms with Crippen LogP contribution in [0.3, 0.4) is 0 Å². The maximum atomic E-state index is 14.4. The highest BCUT2D eigenvalue weighted by molar-refractivity contribution is 7.52. The molecule has 3 fully saturated rings. The van der Waals surface area contributed by atoms with Crippen molar-refractivity contribution in [3.63, 3.8) is 0 Å². The molecule has 1 aromatic heterocycles. The maximum Gasteiger partial charge on any atom is 0.399 e. The van der Waals surface area contributed by atoms with E-state index in [2.05, 4.69) is 5.32 Å². The monoisotopic (exact) mass is 716 g/mol. The molecule has 3 saturated heterocycles. The third kappa shape index (κ3) is 7.15. The van der Waals surface area contributed by atoms with Gasteiger partial charge in [-0.2, -0.15) is 8.78 Å². The largest absolute Gasteiger partial charge is 0.399 e. The first kappa shape index (κ1) is 35.1. The summed E-state index contributed by atoms with van der Waals surface area (Å²) in [5, 5.41) is 2.96. The predicted octanol–water partition coefficient (Wildman–Crippen LogP) is 4.63. The molecule has 3 aromatic rings. The summed E-state index contributed by atoms with van der Waals surface area (Å²) in [4.78, 5) is 78.8. The van der Waals surface area contributed by atoms with Gasteiger partial charge in [-0.3, -0.25) is 23.7 Å². The standard InChI is InChI=1S/C34H39F2N4O7PS/c1-21(22-7-3-2-4-8-22)17-30(41)39-16-13-25-10-11-27(33(44)38-14-5-6-15-38)40(25)32(43)26(20-39)37-31(42)29-19-23-18-24(9-12-28(23)49-29)34(35,36)48(45,46)47/h2-4,7-9,12,18-19,21,25-27H,5-6,10-11,13-17,20H2,1H3,(H,37,42)(H2,45,46,47)/t21-,25-,26+,27+/m1/s1. The van der Waals surface area contributed by atoms with Crippen LogP contribution in [0.5, 0.6) is 0 Å². The van der Waals surface area contributed by atoms with E-state index in [1.807, 2.05) is 37.3 Å². The van der Waals surface area contributed by atoms with Crippen LogP contribution in [0.15, 0.2) is 54.6 Å². The number of amides is 4. The summed E-state index contributed by atoms with van der Waals surface area (Å²) in [6, 6.07) is 11.9. The second-order valence-electron chi connectivity index (χ2n) is 13.1. The number of fused-ring (bicyclic) bond motifs is 2. The molecule has 4 heterocycles. The van der Waals surface area contributed by atoms with Gasteiger partial charge in [0.15, 0.2) is 0 Å². The quantitative estimate of drug-likeness (QED) is 0.288. The first-order chi connectivity index (χ1) is 23.2. The van der Waals surface area contributed by atoms with Crippen LogP contribution in [0.25, 0.3) is 10.1 Å². The Labute approximate surface area is 286 Å². The van der Waals surface area contributed by atoms with E-state index in [0.717, 1.165) is 41.9 Å². The summed E-state index contributed by atoms with van der Waals surface area (Å²) in [5.41, 5.74) is -4.30. The van der Waals surface area contributed by atoms with Crippen LogP contribution in [0.1, 0.15) is 72.2 Å². The first-order valence-corrected chi connectivity index (χ1v) is 18.9. The number of halogens is 2. The van der Waals surface area contributed by atoms with Gasteiger partial charge in [0.05, 0.1) is 4.88 Å². The molecule has 262 valence electrons. The van der Waals surface area contributed by atoms with Gasteiger partial charge < -0.3 is 29.8 Å². The van der Waals surface area contributed by atoms with Gasteiger partial charge in [-0.15, -0.1) is 11.3 Å². The van der Waals surface area contributed by atoms with Gasteiger partial charge in [-0.25, -0.2) is 0 Å². The Morgan fingerprint density at radius 2 is 1.71 bits per heavy atom. The molecule has 6 rings (SSSR count). The number of alkyl halides is 2. The number of benzene rings is 2. The number of hydrogen-bond acceptors (Lipinski definition) is 6. The summed E-state index contributed by atoms with van der Waals surface area (Å²) in [7, 11) is -5.80. The average Bonchev–Trinajstić information content (AvgIpc) is 3.84. The summed E-state index contributed by atoms with van der Waals surface area (Å²) >= 11 is 0.969. The molecule has 3 N–H and O–H groups in total. The Bertz CT molecular complexity index is 1800. The highest BCUT2D eigenvalue weighted by Crippen LogP contribution is 2.59. The lowest BCUT2D eigenvalue weighted by Crippen LogP contribution is -2.61. The lowest BCUT2D eigenvalue weighted by atomic mass is 9.96. The Morgan fingerprint density at radius 1 is 1.00 bits per heavy atom. The van der Waals surface area contributed by atoms with E-state index in [4.69, 9.17) is 0 Å². The molecule has 0 unspecified atom stereocenters. The van der Waals surface area contributed by atoms with Crippen LogP contribution in [0, 0.1) is 0 Å². The van der Waals surface area contributed by atoms with E-state index >= 15 is 0 Å². The van der Waals surface area contributed by atoms with Crippen molar-refractivity contribution in [3.8, 4) is 0 Å². The molecule has 0 saturated carbocycles. The zero-order valence-electron chi connectivity index (χ0n) is 27.0. The van der Waals surface area contributed by atoms with Crippen molar-refractivity contribution in [2.75, 3.05) is 26.2 Å². The molecule has 11 nitrogen and oxygen atoms in total. The average molecular weight is 717 g/mol. The van der Waals surface area contributed by atoms with Gasteiger partial charge in [-0.1, -0.05) is 43.3 Å². The minimum Gasteiger partial charge on any atom is -0.341 e. The van der Waals surface area contributed by atoms with Crippen LogP contribution in [-0.2, 0) is 24.6 Å². The van der Waals surface area contributed by atoms with Crippen LogP contribution < -0.4 is 5.32 Å². The van der Waals surface area contributed by atoms with Gasteiger partial charge in [0.25, 0.3) is 5.91 Å². The van der Waals surface area contributed by atoms with Crippen molar-refractivity contribution in [2.45, 2.75) is 75.2 Å². The zero-order chi connectivity index (χ0) is 35.1. The van der Waals surface area contributed by atoms with Crippen LogP contribution >= 0.6 is 18.9 Å². The number of likely N-dealkylation sites (tertiary alicyclic amines) is 1. The topological polar surface area (TPSA) is 148 Å². The number of carbonyl (C=O) groups is 4. The molecule has 4 atom stereocenters. The molecular formula is C34H39F2N4O7PS.